The summed E-state index contributed by atoms with van der Waals surface area (Å²) >= 11 is 0. The average molecular weight is 508 g/mol. The number of rotatable bonds is 5. The van der Waals surface area contributed by atoms with Gasteiger partial charge < -0.3 is 4.74 Å². The predicted molar refractivity (Wildman–Crippen MR) is 151 cm³/mol. The van der Waals surface area contributed by atoms with Gasteiger partial charge in [-0.05, 0) is 33.7 Å². The first kappa shape index (κ1) is 24.7. The van der Waals surface area contributed by atoms with E-state index in [0.717, 1.165) is 27.1 Å². The zero-order valence-electron chi connectivity index (χ0n) is 21.0. The molecular weight excluding hydrogens is 475 g/mol. The fourth-order valence-electron chi connectivity index (χ4n) is 4.48. The lowest BCUT2D eigenvalue weighted by Crippen LogP contribution is -2.37. The van der Waals surface area contributed by atoms with E-state index in [-0.39, 0.29) is 4.90 Å². The fraction of sp³-hybridized carbons (Fsp3) is 0.259. The summed E-state index contributed by atoms with van der Waals surface area (Å²) in [6, 6.07) is 20.3. The molecule has 7 heteroatoms. The predicted octanol–water partition coefficient (Wildman–Crippen LogP) is 5.41. The monoisotopic (exact) mass is 507 g/mol. The highest BCUT2D eigenvalue weighted by Crippen LogP contribution is 2.43. The van der Waals surface area contributed by atoms with Gasteiger partial charge in [-0.3, -0.25) is 0 Å². The summed E-state index contributed by atoms with van der Waals surface area (Å²) in [5, 5.41) is 12.3. The highest BCUT2D eigenvalue weighted by Gasteiger charge is 2.25. The Labute approximate surface area is 204 Å². The van der Waals surface area contributed by atoms with Crippen molar-refractivity contribution in [3.8, 4) is 16.9 Å². The van der Waals surface area contributed by atoms with Crippen LogP contribution < -0.4 is 20.2 Å². The SMILES string of the molecule is COc1ccc2cc([Si](C)(C)C)ccc2c1-c1c(S(N)(=O)=O)ccc2cc([Si](C)(C)C)ccc12. The topological polar surface area (TPSA) is 69.4 Å². The highest BCUT2D eigenvalue weighted by molar-refractivity contribution is 7.89. The summed E-state index contributed by atoms with van der Waals surface area (Å²) in [7, 11) is -5.43. The molecule has 4 rings (SSSR count). The summed E-state index contributed by atoms with van der Waals surface area (Å²) in [6.07, 6.45) is 0. The van der Waals surface area contributed by atoms with Gasteiger partial charge in [0, 0.05) is 11.1 Å². The van der Waals surface area contributed by atoms with Crippen molar-refractivity contribution in [2.45, 2.75) is 44.2 Å². The molecule has 4 aromatic rings. The lowest BCUT2D eigenvalue weighted by Gasteiger charge is -2.22. The van der Waals surface area contributed by atoms with Gasteiger partial charge in [-0.25, -0.2) is 13.6 Å². The molecule has 0 saturated heterocycles. The van der Waals surface area contributed by atoms with Crippen LogP contribution in [0.1, 0.15) is 0 Å². The number of methoxy groups -OCH3 is 1. The molecule has 0 aliphatic heterocycles. The van der Waals surface area contributed by atoms with Gasteiger partial charge in [-0.2, -0.15) is 0 Å². The van der Waals surface area contributed by atoms with Gasteiger partial charge in [0.25, 0.3) is 0 Å². The highest BCUT2D eigenvalue weighted by atomic mass is 32.2. The van der Waals surface area contributed by atoms with Gasteiger partial charge in [0.15, 0.2) is 0 Å². The minimum atomic E-state index is -3.98. The molecule has 0 aliphatic rings. The van der Waals surface area contributed by atoms with Crippen LogP contribution in [-0.4, -0.2) is 31.7 Å². The fourth-order valence-corrected chi connectivity index (χ4v) is 7.57. The molecule has 0 fully saturated rings. The standard InChI is InChI=1S/C27H33NO3SSi2/c1-31-24-14-8-18-16-20(33(2,3)4)10-12-22(18)26(24)27-23-13-11-21(34(5,6)7)17-19(23)9-15-25(27)32(28,29)30/h8-17H,1-7H3,(H2,28,29,30). The van der Waals surface area contributed by atoms with Crippen LogP contribution in [0.15, 0.2) is 65.6 Å². The summed E-state index contributed by atoms with van der Waals surface area (Å²) in [5.74, 6) is 0.625. The molecule has 0 unspecified atom stereocenters. The van der Waals surface area contributed by atoms with Crippen molar-refractivity contribution in [2.75, 3.05) is 7.11 Å². The Morgan fingerprint density at radius 1 is 0.676 bits per heavy atom. The maximum atomic E-state index is 12.8. The van der Waals surface area contributed by atoms with Crippen molar-refractivity contribution in [1.82, 2.24) is 0 Å². The minimum absolute atomic E-state index is 0.112. The van der Waals surface area contributed by atoms with Crippen LogP contribution in [0.4, 0.5) is 0 Å². The third kappa shape index (κ3) is 4.45. The lowest BCUT2D eigenvalue weighted by molar-refractivity contribution is 0.417. The van der Waals surface area contributed by atoms with Crippen molar-refractivity contribution in [3.05, 3.63) is 60.7 Å². The van der Waals surface area contributed by atoms with Crippen LogP contribution in [0.5, 0.6) is 5.75 Å². The van der Waals surface area contributed by atoms with Crippen molar-refractivity contribution in [1.29, 1.82) is 0 Å². The van der Waals surface area contributed by atoms with Crippen molar-refractivity contribution in [3.63, 3.8) is 0 Å². The molecule has 0 radical (unpaired) electrons. The number of ether oxygens (including phenoxy) is 1. The third-order valence-electron chi connectivity index (χ3n) is 6.47. The largest absolute Gasteiger partial charge is 0.496 e. The van der Waals surface area contributed by atoms with Gasteiger partial charge in [-0.1, -0.05) is 98.2 Å². The van der Waals surface area contributed by atoms with Crippen LogP contribution in [0.3, 0.4) is 0 Å². The van der Waals surface area contributed by atoms with Gasteiger partial charge in [-0.15, -0.1) is 0 Å². The van der Waals surface area contributed by atoms with E-state index in [1.54, 1.807) is 13.2 Å². The Bertz CT molecular complexity index is 1530. The van der Waals surface area contributed by atoms with Gasteiger partial charge in [0.1, 0.15) is 5.75 Å². The number of hydrogen-bond donors (Lipinski definition) is 1. The number of fused-ring (bicyclic) bond motifs is 2. The number of primary sulfonamides is 1. The van der Waals surface area contributed by atoms with E-state index < -0.39 is 26.2 Å². The summed E-state index contributed by atoms with van der Waals surface area (Å²) in [5.41, 5.74) is 1.36. The second-order valence-corrected chi connectivity index (χ2v) is 22.7. The summed E-state index contributed by atoms with van der Waals surface area (Å²) in [4.78, 5) is 0.112. The van der Waals surface area contributed by atoms with Crippen LogP contribution in [0, 0.1) is 0 Å². The molecule has 178 valence electrons. The molecule has 0 aliphatic carbocycles. The van der Waals surface area contributed by atoms with Crippen molar-refractivity contribution in [2.24, 2.45) is 5.14 Å². The maximum absolute atomic E-state index is 12.8. The first-order valence-corrected chi connectivity index (χ1v) is 20.0. The Morgan fingerprint density at radius 2 is 1.15 bits per heavy atom. The van der Waals surface area contributed by atoms with E-state index >= 15 is 0 Å². The number of benzene rings is 4. The van der Waals surface area contributed by atoms with E-state index in [1.807, 2.05) is 24.3 Å². The molecule has 0 amide bonds. The van der Waals surface area contributed by atoms with Crippen molar-refractivity contribution < 1.29 is 13.2 Å². The number of nitrogens with two attached hydrogens (primary N) is 1. The molecule has 2 N–H and O–H groups in total. The molecular formula is C27H33NO3SSi2. The van der Waals surface area contributed by atoms with Crippen LogP contribution in [0.25, 0.3) is 32.7 Å². The zero-order chi connectivity index (χ0) is 25.1. The number of sulfonamides is 1. The summed E-state index contributed by atoms with van der Waals surface area (Å²) in [6.45, 7) is 13.9. The number of hydrogen-bond acceptors (Lipinski definition) is 3. The van der Waals surface area contributed by atoms with Gasteiger partial charge in [0.05, 0.1) is 28.2 Å². The minimum Gasteiger partial charge on any atom is -0.496 e. The molecule has 0 bridgehead atoms. The van der Waals surface area contributed by atoms with Gasteiger partial charge >= 0.3 is 0 Å². The van der Waals surface area contributed by atoms with Crippen molar-refractivity contribution >= 4 is 58.1 Å². The smallest absolute Gasteiger partial charge is 0.238 e. The van der Waals surface area contributed by atoms with Gasteiger partial charge in [0.2, 0.25) is 10.0 Å². The quantitative estimate of drug-likeness (QED) is 0.367. The zero-order valence-corrected chi connectivity index (χ0v) is 23.8. The Hall–Kier alpha value is -2.46. The van der Waals surface area contributed by atoms with E-state index in [0.29, 0.717) is 11.3 Å². The molecule has 0 spiro atoms. The molecule has 0 heterocycles. The van der Waals surface area contributed by atoms with E-state index in [1.165, 1.54) is 10.4 Å². The second-order valence-electron chi connectivity index (χ2n) is 11.0. The van der Waals surface area contributed by atoms with Crippen LogP contribution in [0.2, 0.25) is 39.3 Å². The van der Waals surface area contributed by atoms with E-state index in [2.05, 4.69) is 69.6 Å². The average Bonchev–Trinajstić information content (AvgIpc) is 2.74. The molecule has 4 aromatic carbocycles. The Morgan fingerprint density at radius 3 is 1.59 bits per heavy atom. The molecule has 0 saturated carbocycles. The first-order chi connectivity index (χ1) is 15.7. The second kappa shape index (κ2) is 8.34. The third-order valence-corrected chi connectivity index (χ3v) is 11.5. The molecule has 4 nitrogen and oxygen atoms in total. The van der Waals surface area contributed by atoms with E-state index in [4.69, 9.17) is 9.88 Å². The normalized spacial score (nSPS) is 12.9. The molecule has 0 aromatic heterocycles. The first-order valence-electron chi connectivity index (χ1n) is 11.4. The summed E-state index contributed by atoms with van der Waals surface area (Å²) < 4.78 is 31.3. The van der Waals surface area contributed by atoms with Crippen LogP contribution >= 0.6 is 0 Å². The Balaban J connectivity index is 2.17. The molecule has 0 atom stereocenters. The maximum Gasteiger partial charge on any atom is 0.238 e. The lowest BCUT2D eigenvalue weighted by atomic mass is 9.93. The van der Waals surface area contributed by atoms with Crippen LogP contribution in [-0.2, 0) is 10.0 Å². The molecule has 34 heavy (non-hydrogen) atoms. The van der Waals surface area contributed by atoms with E-state index in [9.17, 15) is 8.42 Å². The Kier molecular flexibility index (Phi) is 6.05.